The Bertz CT molecular complexity index is 622. The van der Waals surface area contributed by atoms with Crippen LogP contribution in [0.5, 0.6) is 5.75 Å². The molecule has 0 spiro atoms. The number of para-hydroxylation sites is 1. The number of nitro groups is 1. The fraction of sp³-hybridized carbons (Fsp3) is 0.214. The second kappa shape index (κ2) is 6.90. The molecule has 1 unspecified atom stereocenters. The number of benzene rings is 1. The monoisotopic (exact) mass is 307 g/mol. The van der Waals surface area contributed by atoms with Crippen molar-refractivity contribution in [1.29, 1.82) is 0 Å². The van der Waals surface area contributed by atoms with Gasteiger partial charge in [0.05, 0.1) is 16.5 Å². The Morgan fingerprint density at radius 1 is 1.43 bits per heavy atom. The van der Waals surface area contributed by atoms with Crippen LogP contribution >= 0.6 is 11.6 Å². The van der Waals surface area contributed by atoms with Crippen LogP contribution in [0, 0.1) is 10.1 Å². The van der Waals surface area contributed by atoms with Crippen LogP contribution in [0.3, 0.4) is 0 Å². The number of anilines is 1. The average molecular weight is 308 g/mol. The normalized spacial score (nSPS) is 11.7. The molecule has 1 heterocycles. The summed E-state index contributed by atoms with van der Waals surface area (Å²) in [6.45, 7) is 2.37. The van der Waals surface area contributed by atoms with Gasteiger partial charge < -0.3 is 10.1 Å². The average Bonchev–Trinajstić information content (AvgIpc) is 2.47. The van der Waals surface area contributed by atoms with Crippen molar-refractivity contribution in [2.75, 3.05) is 11.9 Å². The van der Waals surface area contributed by atoms with Gasteiger partial charge in [-0.2, -0.15) is 0 Å². The van der Waals surface area contributed by atoms with Crippen molar-refractivity contribution in [3.8, 4) is 5.75 Å². The van der Waals surface area contributed by atoms with Gasteiger partial charge in [-0.1, -0.05) is 29.8 Å². The molecular weight excluding hydrogens is 294 g/mol. The van der Waals surface area contributed by atoms with E-state index in [9.17, 15) is 10.1 Å². The molecule has 1 aromatic heterocycles. The lowest BCUT2D eigenvalue weighted by atomic mass is 10.3. The van der Waals surface area contributed by atoms with Crippen LogP contribution in [0.25, 0.3) is 0 Å². The van der Waals surface area contributed by atoms with E-state index in [-0.39, 0.29) is 16.8 Å². The van der Waals surface area contributed by atoms with E-state index >= 15 is 0 Å². The molecule has 1 aromatic carbocycles. The molecule has 1 atom stereocenters. The van der Waals surface area contributed by atoms with Gasteiger partial charge in [0.25, 0.3) is 5.69 Å². The summed E-state index contributed by atoms with van der Waals surface area (Å²) in [7, 11) is 0. The number of nitrogens with zero attached hydrogens (tertiary/aromatic N) is 2. The Hall–Kier alpha value is -2.34. The van der Waals surface area contributed by atoms with Crippen molar-refractivity contribution in [2.24, 2.45) is 0 Å². The third-order valence-electron chi connectivity index (χ3n) is 2.68. The zero-order valence-electron chi connectivity index (χ0n) is 11.3. The maximum Gasteiger partial charge on any atom is 0.289 e. The highest BCUT2D eigenvalue weighted by Crippen LogP contribution is 2.23. The molecule has 21 heavy (non-hydrogen) atoms. The largest absolute Gasteiger partial charge is 0.489 e. The highest BCUT2D eigenvalue weighted by Gasteiger charge is 2.12. The lowest BCUT2D eigenvalue weighted by Gasteiger charge is -2.16. The molecule has 110 valence electrons. The van der Waals surface area contributed by atoms with Gasteiger partial charge in [0, 0.05) is 6.07 Å². The van der Waals surface area contributed by atoms with Gasteiger partial charge >= 0.3 is 0 Å². The number of halogens is 1. The van der Waals surface area contributed by atoms with Gasteiger partial charge in [-0.3, -0.25) is 10.1 Å². The quantitative estimate of drug-likeness (QED) is 0.652. The standard InChI is InChI=1S/C14H14ClN3O3/c1-10(21-12-5-3-2-4-6-12)8-16-14-13(15)7-11(9-17-14)18(19)20/h2-7,9-10H,8H2,1H3,(H,16,17). The van der Waals surface area contributed by atoms with Crippen LogP contribution in [0.2, 0.25) is 5.02 Å². The first-order valence-corrected chi connectivity index (χ1v) is 6.69. The molecule has 2 aromatic rings. The Balaban J connectivity index is 1.92. The summed E-state index contributed by atoms with van der Waals surface area (Å²) < 4.78 is 5.70. The van der Waals surface area contributed by atoms with Gasteiger partial charge in [0.1, 0.15) is 23.9 Å². The third-order valence-corrected chi connectivity index (χ3v) is 2.96. The topological polar surface area (TPSA) is 77.3 Å². The summed E-state index contributed by atoms with van der Waals surface area (Å²) in [4.78, 5) is 14.0. The maximum atomic E-state index is 10.6. The van der Waals surface area contributed by atoms with Crippen molar-refractivity contribution >= 4 is 23.1 Å². The molecule has 0 saturated heterocycles. The summed E-state index contributed by atoms with van der Waals surface area (Å²) in [6, 6.07) is 10.7. The first kappa shape index (κ1) is 15.1. The second-order valence-electron chi connectivity index (χ2n) is 4.40. The molecule has 0 radical (unpaired) electrons. The van der Waals surface area contributed by atoms with Gasteiger partial charge in [-0.15, -0.1) is 0 Å². The predicted molar refractivity (Wildman–Crippen MR) is 80.9 cm³/mol. The zero-order valence-corrected chi connectivity index (χ0v) is 12.1. The van der Waals surface area contributed by atoms with Crippen molar-refractivity contribution < 1.29 is 9.66 Å². The van der Waals surface area contributed by atoms with Crippen molar-refractivity contribution in [3.05, 3.63) is 57.7 Å². The van der Waals surface area contributed by atoms with Crippen molar-refractivity contribution in [1.82, 2.24) is 4.98 Å². The van der Waals surface area contributed by atoms with E-state index in [0.29, 0.717) is 12.4 Å². The van der Waals surface area contributed by atoms with Gasteiger partial charge in [-0.05, 0) is 19.1 Å². The number of nitrogens with one attached hydrogen (secondary N) is 1. The minimum atomic E-state index is -0.538. The Morgan fingerprint density at radius 2 is 2.14 bits per heavy atom. The minimum Gasteiger partial charge on any atom is -0.489 e. The molecule has 0 aliphatic carbocycles. The summed E-state index contributed by atoms with van der Waals surface area (Å²) in [6.07, 6.45) is 1.05. The summed E-state index contributed by atoms with van der Waals surface area (Å²) >= 11 is 5.95. The van der Waals surface area contributed by atoms with Crippen LogP contribution < -0.4 is 10.1 Å². The molecule has 0 aliphatic rings. The first-order valence-electron chi connectivity index (χ1n) is 6.32. The van der Waals surface area contributed by atoms with Crippen LogP contribution in [0.1, 0.15) is 6.92 Å². The summed E-state index contributed by atoms with van der Waals surface area (Å²) in [5.74, 6) is 1.17. The van der Waals surface area contributed by atoms with Crippen molar-refractivity contribution in [3.63, 3.8) is 0 Å². The fourth-order valence-corrected chi connectivity index (χ4v) is 1.90. The van der Waals surface area contributed by atoms with Crippen LogP contribution in [-0.4, -0.2) is 22.6 Å². The molecule has 1 N–H and O–H groups in total. The van der Waals surface area contributed by atoms with E-state index in [4.69, 9.17) is 16.3 Å². The molecule has 2 rings (SSSR count). The SMILES string of the molecule is CC(CNc1ncc([N+](=O)[O-])cc1Cl)Oc1ccccc1. The van der Waals surface area contributed by atoms with E-state index in [0.717, 1.165) is 11.9 Å². The molecule has 7 heteroatoms. The highest BCUT2D eigenvalue weighted by molar-refractivity contribution is 6.33. The van der Waals surface area contributed by atoms with Gasteiger partial charge in [0.2, 0.25) is 0 Å². The van der Waals surface area contributed by atoms with Crippen LogP contribution in [0.15, 0.2) is 42.6 Å². The number of rotatable bonds is 6. The molecule has 0 saturated carbocycles. The van der Waals surface area contributed by atoms with Crippen LogP contribution in [-0.2, 0) is 0 Å². The molecule has 6 nitrogen and oxygen atoms in total. The fourth-order valence-electron chi connectivity index (χ4n) is 1.67. The van der Waals surface area contributed by atoms with E-state index in [2.05, 4.69) is 10.3 Å². The number of aromatic nitrogens is 1. The molecule has 0 fully saturated rings. The molecular formula is C14H14ClN3O3. The molecule has 0 aliphatic heterocycles. The van der Waals surface area contributed by atoms with Gasteiger partial charge in [0.15, 0.2) is 0 Å². The lowest BCUT2D eigenvalue weighted by Crippen LogP contribution is -2.23. The maximum absolute atomic E-state index is 10.6. The Labute approximate surface area is 126 Å². The lowest BCUT2D eigenvalue weighted by molar-refractivity contribution is -0.385. The number of hydrogen-bond acceptors (Lipinski definition) is 5. The van der Waals surface area contributed by atoms with Crippen LogP contribution in [0.4, 0.5) is 11.5 Å². The summed E-state index contributed by atoms with van der Waals surface area (Å²) in [5.41, 5.74) is -0.140. The molecule has 0 bridgehead atoms. The number of ether oxygens (including phenoxy) is 1. The van der Waals surface area contributed by atoms with E-state index in [1.165, 1.54) is 6.07 Å². The summed E-state index contributed by atoms with van der Waals surface area (Å²) in [5, 5.41) is 13.8. The van der Waals surface area contributed by atoms with Crippen molar-refractivity contribution in [2.45, 2.75) is 13.0 Å². The minimum absolute atomic E-state index is 0.111. The van der Waals surface area contributed by atoms with E-state index in [1.54, 1.807) is 0 Å². The smallest absolute Gasteiger partial charge is 0.289 e. The number of pyridine rings is 1. The third kappa shape index (κ3) is 4.32. The van der Waals surface area contributed by atoms with E-state index in [1.807, 2.05) is 37.3 Å². The molecule has 0 amide bonds. The van der Waals surface area contributed by atoms with E-state index < -0.39 is 4.92 Å². The zero-order chi connectivity index (χ0) is 15.2. The van der Waals surface area contributed by atoms with Gasteiger partial charge in [-0.25, -0.2) is 4.98 Å². The Morgan fingerprint density at radius 3 is 2.76 bits per heavy atom. The number of hydrogen-bond donors (Lipinski definition) is 1. The Kier molecular flexibility index (Phi) is 4.94. The highest BCUT2D eigenvalue weighted by atomic mass is 35.5. The predicted octanol–water partition coefficient (Wildman–Crippen LogP) is 3.52. The first-order chi connectivity index (χ1) is 10.1. The second-order valence-corrected chi connectivity index (χ2v) is 4.81.